The lowest BCUT2D eigenvalue weighted by molar-refractivity contribution is -0.120. The van der Waals surface area contributed by atoms with Crippen molar-refractivity contribution in [1.82, 2.24) is 5.32 Å². The monoisotopic (exact) mass is 363 g/mol. The number of amides is 2. The molecular formula is C22H25N3O2. The maximum Gasteiger partial charge on any atom is 0.251 e. The van der Waals surface area contributed by atoms with Gasteiger partial charge >= 0.3 is 0 Å². The molecule has 140 valence electrons. The van der Waals surface area contributed by atoms with Crippen LogP contribution in [0.5, 0.6) is 0 Å². The molecule has 1 saturated heterocycles. The van der Waals surface area contributed by atoms with Gasteiger partial charge in [-0.2, -0.15) is 0 Å². The van der Waals surface area contributed by atoms with Gasteiger partial charge in [0.25, 0.3) is 5.91 Å². The lowest BCUT2D eigenvalue weighted by Crippen LogP contribution is -2.54. The fraction of sp³-hybridized carbons (Fsp3) is 0.364. The minimum atomic E-state index is -0.124. The highest BCUT2D eigenvalue weighted by atomic mass is 16.2. The number of nitrogens with one attached hydrogen (secondary N) is 1. The molecule has 0 saturated carbocycles. The van der Waals surface area contributed by atoms with E-state index < -0.39 is 0 Å². The van der Waals surface area contributed by atoms with E-state index in [2.05, 4.69) is 16.3 Å². The highest BCUT2D eigenvalue weighted by Crippen LogP contribution is 2.39. The van der Waals surface area contributed by atoms with Crippen LogP contribution in [0, 0.1) is 6.92 Å². The van der Waals surface area contributed by atoms with E-state index in [4.69, 9.17) is 0 Å². The lowest BCUT2D eigenvalue weighted by atomic mass is 9.96. The average Bonchev–Trinajstić information content (AvgIpc) is 2.70. The number of nitrogens with zero attached hydrogens (tertiary/aromatic N) is 2. The van der Waals surface area contributed by atoms with Crippen LogP contribution in [0.3, 0.4) is 0 Å². The zero-order valence-electron chi connectivity index (χ0n) is 15.9. The minimum Gasteiger partial charge on any atom is -0.358 e. The first-order valence-electron chi connectivity index (χ1n) is 9.56. The maximum atomic E-state index is 12.7. The molecule has 2 aromatic carbocycles. The number of fused-ring (bicyclic) bond motifs is 3. The second-order valence-corrected chi connectivity index (χ2v) is 7.48. The number of benzene rings is 2. The van der Waals surface area contributed by atoms with Crippen LogP contribution >= 0.6 is 0 Å². The summed E-state index contributed by atoms with van der Waals surface area (Å²) in [7, 11) is 1.81. The van der Waals surface area contributed by atoms with E-state index in [0.717, 1.165) is 42.7 Å². The first-order valence-corrected chi connectivity index (χ1v) is 9.56. The first-order chi connectivity index (χ1) is 13.0. The van der Waals surface area contributed by atoms with Crippen molar-refractivity contribution in [3.63, 3.8) is 0 Å². The molecule has 4 rings (SSSR count). The number of hydrogen-bond donors (Lipinski definition) is 1. The van der Waals surface area contributed by atoms with Crippen LogP contribution in [0.4, 0.5) is 11.4 Å². The third kappa shape index (κ3) is 3.29. The molecule has 2 heterocycles. The van der Waals surface area contributed by atoms with Crippen LogP contribution in [0.25, 0.3) is 0 Å². The van der Waals surface area contributed by atoms with E-state index in [1.54, 1.807) is 4.90 Å². The van der Waals surface area contributed by atoms with E-state index >= 15 is 0 Å². The second-order valence-electron chi connectivity index (χ2n) is 7.48. The third-order valence-corrected chi connectivity index (χ3v) is 5.56. The first kappa shape index (κ1) is 17.6. The van der Waals surface area contributed by atoms with Crippen molar-refractivity contribution in [3.05, 3.63) is 59.2 Å². The molecule has 2 amide bonds. The predicted molar refractivity (Wildman–Crippen MR) is 107 cm³/mol. The van der Waals surface area contributed by atoms with Crippen LogP contribution in [-0.2, 0) is 11.3 Å². The number of piperidine rings is 1. The Balaban J connectivity index is 1.55. The molecule has 5 heteroatoms. The number of hydrogen-bond acceptors (Lipinski definition) is 3. The topological polar surface area (TPSA) is 52.7 Å². The van der Waals surface area contributed by atoms with E-state index in [0.29, 0.717) is 12.1 Å². The second kappa shape index (κ2) is 7.06. The van der Waals surface area contributed by atoms with E-state index in [1.165, 1.54) is 5.56 Å². The zero-order chi connectivity index (χ0) is 19.0. The number of aryl methyl sites for hydroxylation is 1. The largest absolute Gasteiger partial charge is 0.358 e. The summed E-state index contributed by atoms with van der Waals surface area (Å²) in [4.78, 5) is 29.3. The molecule has 1 atom stereocenters. The standard InChI is InChI=1S/C22H25N3O2/c1-15-6-5-7-16(12-15)14-23-21(26)17-9-10-18-20(13-17)24(2)22(27)19-8-3-4-11-25(18)19/h5-7,9-10,12-13,19H,3-4,8,11,14H2,1-2H3,(H,23,26)/t19-/m1/s1. The van der Waals surface area contributed by atoms with E-state index in [1.807, 2.05) is 50.4 Å². The van der Waals surface area contributed by atoms with Crippen molar-refractivity contribution in [3.8, 4) is 0 Å². The van der Waals surface area contributed by atoms with E-state index in [9.17, 15) is 9.59 Å². The Morgan fingerprint density at radius 2 is 2.00 bits per heavy atom. The van der Waals surface area contributed by atoms with Gasteiger partial charge in [0.1, 0.15) is 6.04 Å². The molecule has 2 aliphatic rings. The van der Waals surface area contributed by atoms with Gasteiger partial charge in [0.15, 0.2) is 0 Å². The summed E-state index contributed by atoms with van der Waals surface area (Å²) in [6, 6.07) is 13.7. The smallest absolute Gasteiger partial charge is 0.251 e. The van der Waals surface area contributed by atoms with Crippen LogP contribution in [-0.4, -0.2) is 31.4 Å². The van der Waals surface area contributed by atoms with Gasteiger partial charge in [-0.3, -0.25) is 9.59 Å². The summed E-state index contributed by atoms with van der Waals surface area (Å²) < 4.78 is 0. The van der Waals surface area contributed by atoms with Crippen molar-refractivity contribution >= 4 is 23.2 Å². The Hall–Kier alpha value is -2.82. The number of carbonyl (C=O) groups is 2. The fourth-order valence-corrected chi connectivity index (χ4v) is 4.10. The van der Waals surface area contributed by atoms with Crippen LogP contribution in [0.1, 0.15) is 40.7 Å². The SMILES string of the molecule is Cc1cccc(CNC(=O)c2ccc3c(c2)N(C)C(=O)[C@H]2CCCCN32)c1. The van der Waals surface area contributed by atoms with Gasteiger partial charge < -0.3 is 15.1 Å². The van der Waals surface area contributed by atoms with Gasteiger partial charge in [-0.15, -0.1) is 0 Å². The molecule has 0 radical (unpaired) electrons. The molecule has 0 spiro atoms. The van der Waals surface area contributed by atoms with Gasteiger partial charge in [-0.05, 0) is 49.9 Å². The molecule has 5 nitrogen and oxygen atoms in total. The Labute approximate surface area is 160 Å². The van der Waals surface area contributed by atoms with Crippen molar-refractivity contribution < 1.29 is 9.59 Å². The molecule has 0 aliphatic carbocycles. The molecule has 2 aliphatic heterocycles. The molecule has 2 aromatic rings. The third-order valence-electron chi connectivity index (χ3n) is 5.56. The summed E-state index contributed by atoms with van der Waals surface area (Å²) >= 11 is 0. The minimum absolute atomic E-state index is 0.0581. The fourth-order valence-electron chi connectivity index (χ4n) is 4.10. The van der Waals surface area contributed by atoms with Crippen LogP contribution < -0.4 is 15.1 Å². The summed E-state index contributed by atoms with van der Waals surface area (Å²) in [5.41, 5.74) is 4.70. The number of anilines is 2. The normalized spacial score (nSPS) is 18.7. The maximum absolute atomic E-state index is 12.7. The number of carbonyl (C=O) groups excluding carboxylic acids is 2. The van der Waals surface area contributed by atoms with Gasteiger partial charge in [0, 0.05) is 25.7 Å². The van der Waals surface area contributed by atoms with E-state index in [-0.39, 0.29) is 17.9 Å². The zero-order valence-corrected chi connectivity index (χ0v) is 15.9. The van der Waals surface area contributed by atoms with Crippen LogP contribution in [0.2, 0.25) is 0 Å². The molecule has 0 aromatic heterocycles. The Bertz CT molecular complexity index is 893. The number of likely N-dealkylation sites (N-methyl/N-ethyl adjacent to an activating group) is 1. The average molecular weight is 363 g/mol. The summed E-state index contributed by atoms with van der Waals surface area (Å²) in [5.74, 6) is 0.000409. The van der Waals surface area contributed by atoms with Crippen molar-refractivity contribution in [2.24, 2.45) is 0 Å². The highest BCUT2D eigenvalue weighted by molar-refractivity contribution is 6.07. The number of rotatable bonds is 3. The molecular weight excluding hydrogens is 338 g/mol. The van der Waals surface area contributed by atoms with Crippen molar-refractivity contribution in [1.29, 1.82) is 0 Å². The van der Waals surface area contributed by atoms with Crippen LogP contribution in [0.15, 0.2) is 42.5 Å². The highest BCUT2D eigenvalue weighted by Gasteiger charge is 2.37. The quantitative estimate of drug-likeness (QED) is 0.911. The summed E-state index contributed by atoms with van der Waals surface area (Å²) in [6.07, 6.45) is 3.10. The Morgan fingerprint density at radius 1 is 1.15 bits per heavy atom. The molecule has 1 N–H and O–H groups in total. The Kier molecular flexibility index (Phi) is 4.60. The van der Waals surface area contributed by atoms with Crippen molar-refractivity contribution in [2.75, 3.05) is 23.4 Å². The lowest BCUT2D eigenvalue weighted by Gasteiger charge is -2.44. The molecule has 1 fully saturated rings. The summed E-state index contributed by atoms with van der Waals surface area (Å²) in [6.45, 7) is 3.42. The van der Waals surface area contributed by atoms with Crippen molar-refractivity contribution in [2.45, 2.75) is 38.8 Å². The molecule has 0 bridgehead atoms. The van der Waals surface area contributed by atoms with Gasteiger partial charge in [-0.1, -0.05) is 29.8 Å². The van der Waals surface area contributed by atoms with Gasteiger partial charge in [0.2, 0.25) is 5.91 Å². The molecule has 27 heavy (non-hydrogen) atoms. The van der Waals surface area contributed by atoms with Gasteiger partial charge in [-0.25, -0.2) is 0 Å². The summed E-state index contributed by atoms with van der Waals surface area (Å²) in [5, 5.41) is 2.98. The predicted octanol–water partition coefficient (Wildman–Crippen LogP) is 3.26. The Morgan fingerprint density at radius 3 is 2.81 bits per heavy atom. The van der Waals surface area contributed by atoms with Gasteiger partial charge in [0.05, 0.1) is 11.4 Å². The molecule has 0 unspecified atom stereocenters.